The molecule has 0 fully saturated rings. The van der Waals surface area contributed by atoms with Crippen LogP contribution in [0.4, 0.5) is 5.82 Å². The number of amides is 1. The number of hydrogen-bond acceptors (Lipinski definition) is 5. The first-order chi connectivity index (χ1) is 12.2. The summed E-state index contributed by atoms with van der Waals surface area (Å²) in [6.07, 6.45) is 2.54. The first-order valence-electron chi connectivity index (χ1n) is 8.36. The van der Waals surface area contributed by atoms with Crippen molar-refractivity contribution < 1.29 is 14.3 Å². The Morgan fingerprint density at radius 3 is 2.88 bits per heavy atom. The normalized spacial score (nSPS) is 13.3. The van der Waals surface area contributed by atoms with Crippen LogP contribution in [-0.4, -0.2) is 44.8 Å². The van der Waals surface area contributed by atoms with Crippen molar-refractivity contribution in [3.05, 3.63) is 53.2 Å². The average molecular weight is 341 g/mol. The molecule has 2 heterocycles. The lowest BCUT2D eigenvalue weighted by Crippen LogP contribution is -2.31. The molecule has 0 bridgehead atoms. The second-order valence-corrected chi connectivity index (χ2v) is 5.92. The number of aromatic nitrogens is 1. The van der Waals surface area contributed by atoms with Gasteiger partial charge < -0.3 is 19.7 Å². The SMILES string of the molecule is COCCNC(=O)c1ccc(N2CCc3c(cccc3OC)C2)nc1. The smallest absolute Gasteiger partial charge is 0.252 e. The molecule has 25 heavy (non-hydrogen) atoms. The third-order valence-corrected chi connectivity index (χ3v) is 4.37. The highest BCUT2D eigenvalue weighted by molar-refractivity contribution is 5.94. The Labute approximate surface area is 147 Å². The molecule has 0 radical (unpaired) electrons. The number of nitrogens with zero attached hydrogens (tertiary/aromatic N) is 2. The van der Waals surface area contributed by atoms with Crippen LogP contribution >= 0.6 is 0 Å². The second kappa shape index (κ2) is 7.98. The number of hydrogen-bond donors (Lipinski definition) is 1. The van der Waals surface area contributed by atoms with Crippen molar-refractivity contribution in [1.82, 2.24) is 10.3 Å². The molecule has 6 heteroatoms. The topological polar surface area (TPSA) is 63.7 Å². The summed E-state index contributed by atoms with van der Waals surface area (Å²) in [6, 6.07) is 9.86. The van der Waals surface area contributed by atoms with Gasteiger partial charge in [-0.3, -0.25) is 4.79 Å². The fraction of sp³-hybridized carbons (Fsp3) is 0.368. The van der Waals surface area contributed by atoms with Crippen molar-refractivity contribution in [2.75, 3.05) is 38.8 Å². The predicted octanol–water partition coefficient (Wildman–Crippen LogP) is 2.03. The highest BCUT2D eigenvalue weighted by Gasteiger charge is 2.20. The zero-order valence-corrected chi connectivity index (χ0v) is 14.6. The lowest BCUT2D eigenvalue weighted by atomic mass is 9.98. The predicted molar refractivity (Wildman–Crippen MR) is 96.2 cm³/mol. The van der Waals surface area contributed by atoms with E-state index in [2.05, 4.69) is 21.3 Å². The molecule has 2 aromatic rings. The molecular formula is C19H23N3O3. The maximum Gasteiger partial charge on any atom is 0.252 e. The van der Waals surface area contributed by atoms with Gasteiger partial charge in [-0.1, -0.05) is 12.1 Å². The largest absolute Gasteiger partial charge is 0.496 e. The van der Waals surface area contributed by atoms with E-state index in [-0.39, 0.29) is 5.91 Å². The van der Waals surface area contributed by atoms with E-state index in [0.717, 1.165) is 31.1 Å². The van der Waals surface area contributed by atoms with Crippen LogP contribution in [0, 0.1) is 0 Å². The molecule has 0 atom stereocenters. The Hall–Kier alpha value is -2.60. The molecule has 1 amide bonds. The second-order valence-electron chi connectivity index (χ2n) is 5.92. The maximum atomic E-state index is 12.0. The fourth-order valence-corrected chi connectivity index (χ4v) is 3.04. The summed E-state index contributed by atoms with van der Waals surface area (Å²) in [5.41, 5.74) is 3.09. The van der Waals surface area contributed by atoms with Crippen LogP contribution in [0.1, 0.15) is 21.5 Å². The summed E-state index contributed by atoms with van der Waals surface area (Å²) in [5.74, 6) is 1.69. The molecule has 1 aliphatic rings. The quantitative estimate of drug-likeness (QED) is 0.815. The van der Waals surface area contributed by atoms with Crippen LogP contribution in [0.25, 0.3) is 0 Å². The summed E-state index contributed by atoms with van der Waals surface area (Å²) in [5, 5.41) is 2.79. The van der Waals surface area contributed by atoms with Gasteiger partial charge in [0.15, 0.2) is 0 Å². The van der Waals surface area contributed by atoms with Gasteiger partial charge in [-0.25, -0.2) is 4.98 Å². The molecule has 3 rings (SSSR count). The number of anilines is 1. The van der Waals surface area contributed by atoms with E-state index in [9.17, 15) is 4.79 Å². The molecule has 132 valence electrons. The molecule has 0 spiro atoms. The summed E-state index contributed by atoms with van der Waals surface area (Å²) in [4.78, 5) is 18.7. The monoisotopic (exact) mass is 341 g/mol. The molecule has 6 nitrogen and oxygen atoms in total. The standard InChI is InChI=1S/C19H23N3O3/c1-24-11-9-20-19(23)14-6-7-18(21-12-14)22-10-8-16-15(13-22)4-3-5-17(16)25-2/h3-7,12H,8-11,13H2,1-2H3,(H,20,23). The number of pyridine rings is 1. The van der Waals surface area contributed by atoms with E-state index in [4.69, 9.17) is 9.47 Å². The summed E-state index contributed by atoms with van der Waals surface area (Å²) in [7, 11) is 3.31. The van der Waals surface area contributed by atoms with Crippen LogP contribution in [0.3, 0.4) is 0 Å². The minimum Gasteiger partial charge on any atom is -0.496 e. The minimum atomic E-state index is -0.134. The lowest BCUT2D eigenvalue weighted by Gasteiger charge is -2.30. The van der Waals surface area contributed by atoms with Gasteiger partial charge in [0.1, 0.15) is 11.6 Å². The highest BCUT2D eigenvalue weighted by atomic mass is 16.5. The lowest BCUT2D eigenvalue weighted by molar-refractivity contribution is 0.0937. The van der Waals surface area contributed by atoms with Crippen molar-refractivity contribution in [2.24, 2.45) is 0 Å². The molecule has 0 saturated carbocycles. The Morgan fingerprint density at radius 1 is 1.28 bits per heavy atom. The summed E-state index contributed by atoms with van der Waals surface area (Å²) < 4.78 is 10.4. The van der Waals surface area contributed by atoms with E-state index in [1.807, 2.05) is 24.3 Å². The number of nitrogens with one attached hydrogen (secondary N) is 1. The molecule has 1 aromatic carbocycles. The van der Waals surface area contributed by atoms with Gasteiger partial charge in [-0.15, -0.1) is 0 Å². The number of carbonyl (C=O) groups excluding carboxylic acids is 1. The van der Waals surface area contributed by atoms with Crippen LogP contribution in [-0.2, 0) is 17.7 Å². The molecule has 0 unspecified atom stereocenters. The molecular weight excluding hydrogens is 318 g/mol. The van der Waals surface area contributed by atoms with E-state index >= 15 is 0 Å². The zero-order chi connectivity index (χ0) is 17.6. The summed E-state index contributed by atoms with van der Waals surface area (Å²) in [6.45, 7) is 2.65. The number of rotatable bonds is 6. The van der Waals surface area contributed by atoms with Crippen molar-refractivity contribution in [2.45, 2.75) is 13.0 Å². The highest BCUT2D eigenvalue weighted by Crippen LogP contribution is 2.29. The third kappa shape index (κ3) is 3.91. The van der Waals surface area contributed by atoms with E-state index in [1.54, 1.807) is 20.4 Å². The minimum absolute atomic E-state index is 0.134. The van der Waals surface area contributed by atoms with Gasteiger partial charge in [0.2, 0.25) is 0 Å². The number of benzene rings is 1. The van der Waals surface area contributed by atoms with Gasteiger partial charge in [-0.05, 0) is 30.2 Å². The van der Waals surface area contributed by atoms with Gasteiger partial charge in [0.25, 0.3) is 5.91 Å². The fourth-order valence-electron chi connectivity index (χ4n) is 3.04. The van der Waals surface area contributed by atoms with E-state index < -0.39 is 0 Å². The van der Waals surface area contributed by atoms with Gasteiger partial charge >= 0.3 is 0 Å². The Balaban J connectivity index is 1.68. The Morgan fingerprint density at radius 2 is 2.16 bits per heavy atom. The summed E-state index contributed by atoms with van der Waals surface area (Å²) >= 11 is 0. The van der Waals surface area contributed by atoms with Crippen molar-refractivity contribution in [1.29, 1.82) is 0 Å². The molecule has 0 saturated heterocycles. The number of fused-ring (bicyclic) bond motifs is 1. The molecule has 0 aliphatic carbocycles. The maximum absolute atomic E-state index is 12.0. The molecule has 1 aromatic heterocycles. The Kier molecular flexibility index (Phi) is 5.50. The molecule has 1 N–H and O–H groups in total. The number of ether oxygens (including phenoxy) is 2. The van der Waals surface area contributed by atoms with Crippen molar-refractivity contribution >= 4 is 11.7 Å². The Bertz CT molecular complexity index is 731. The number of methoxy groups -OCH3 is 2. The van der Waals surface area contributed by atoms with Crippen LogP contribution in [0.2, 0.25) is 0 Å². The first kappa shape index (κ1) is 17.2. The number of carbonyl (C=O) groups is 1. The van der Waals surface area contributed by atoms with E-state index in [1.165, 1.54) is 11.1 Å². The zero-order valence-electron chi connectivity index (χ0n) is 14.6. The van der Waals surface area contributed by atoms with Crippen LogP contribution in [0.15, 0.2) is 36.5 Å². The van der Waals surface area contributed by atoms with Gasteiger partial charge in [-0.2, -0.15) is 0 Å². The van der Waals surface area contributed by atoms with Crippen LogP contribution < -0.4 is 15.0 Å². The van der Waals surface area contributed by atoms with Crippen molar-refractivity contribution in [3.8, 4) is 5.75 Å². The molecule has 1 aliphatic heterocycles. The van der Waals surface area contributed by atoms with E-state index in [0.29, 0.717) is 18.7 Å². The third-order valence-electron chi connectivity index (χ3n) is 4.37. The average Bonchev–Trinajstić information content (AvgIpc) is 2.67. The van der Waals surface area contributed by atoms with Gasteiger partial charge in [0, 0.05) is 38.5 Å². The first-order valence-corrected chi connectivity index (χ1v) is 8.36. The van der Waals surface area contributed by atoms with Crippen molar-refractivity contribution in [3.63, 3.8) is 0 Å². The van der Waals surface area contributed by atoms with Crippen LogP contribution in [0.5, 0.6) is 5.75 Å². The van der Waals surface area contributed by atoms with Gasteiger partial charge in [0.05, 0.1) is 19.3 Å².